The van der Waals surface area contributed by atoms with Gasteiger partial charge in [-0.15, -0.1) is 6.58 Å². The van der Waals surface area contributed by atoms with Crippen LogP contribution in [0.2, 0.25) is 0 Å². The molecule has 0 radical (unpaired) electrons. The van der Waals surface area contributed by atoms with Crippen LogP contribution >= 0.6 is 0 Å². The zero-order valence-electron chi connectivity index (χ0n) is 8.53. The fourth-order valence-corrected chi connectivity index (χ4v) is 1.08. The molecule has 1 unspecified atom stereocenters. The van der Waals surface area contributed by atoms with Gasteiger partial charge in [-0.25, -0.2) is 0 Å². The molecule has 0 aliphatic rings. The van der Waals surface area contributed by atoms with Crippen molar-refractivity contribution >= 4 is 5.91 Å². The number of nitriles is 1. The number of hydrogen-bond acceptors (Lipinski definition) is 2. The minimum Gasteiger partial charge on any atom is -0.346 e. The highest BCUT2D eigenvalue weighted by atomic mass is 16.1. The molecule has 0 heterocycles. The first-order valence-electron chi connectivity index (χ1n) is 4.61. The maximum absolute atomic E-state index is 11.6. The lowest BCUT2D eigenvalue weighted by atomic mass is 10.1. The lowest BCUT2D eigenvalue weighted by Crippen LogP contribution is -2.30. The van der Waals surface area contributed by atoms with Crippen molar-refractivity contribution in [3.05, 3.63) is 48.0 Å². The van der Waals surface area contributed by atoms with Crippen molar-refractivity contribution in [3.63, 3.8) is 0 Å². The molecule has 0 aliphatic carbocycles. The van der Waals surface area contributed by atoms with Crippen LogP contribution in [-0.2, 0) is 0 Å². The average Bonchev–Trinajstić information content (AvgIpc) is 2.28. The summed E-state index contributed by atoms with van der Waals surface area (Å²) in [7, 11) is 0. The van der Waals surface area contributed by atoms with E-state index in [4.69, 9.17) is 5.26 Å². The number of hydrogen-bond donors (Lipinski definition) is 1. The quantitative estimate of drug-likeness (QED) is 0.757. The van der Waals surface area contributed by atoms with Crippen molar-refractivity contribution in [1.29, 1.82) is 5.26 Å². The van der Waals surface area contributed by atoms with Gasteiger partial charge in [-0.2, -0.15) is 5.26 Å². The van der Waals surface area contributed by atoms with Gasteiger partial charge < -0.3 is 5.32 Å². The van der Waals surface area contributed by atoms with E-state index >= 15 is 0 Å². The van der Waals surface area contributed by atoms with Crippen molar-refractivity contribution in [2.24, 2.45) is 0 Å². The third-order valence-electron chi connectivity index (χ3n) is 1.97. The molecule has 0 aliphatic heterocycles. The molecule has 1 atom stereocenters. The molecule has 0 spiro atoms. The first-order valence-corrected chi connectivity index (χ1v) is 4.61. The van der Waals surface area contributed by atoms with Gasteiger partial charge in [0.1, 0.15) is 0 Å². The Hall–Kier alpha value is -2.08. The Bertz CT molecular complexity index is 418. The average molecular weight is 200 g/mol. The Morgan fingerprint density at radius 3 is 3.00 bits per heavy atom. The van der Waals surface area contributed by atoms with Gasteiger partial charge in [-0.3, -0.25) is 4.79 Å². The molecule has 1 rings (SSSR count). The summed E-state index contributed by atoms with van der Waals surface area (Å²) in [6.45, 7) is 5.41. The summed E-state index contributed by atoms with van der Waals surface area (Å²) < 4.78 is 0. The second-order valence-electron chi connectivity index (χ2n) is 3.19. The van der Waals surface area contributed by atoms with Crippen LogP contribution in [0.4, 0.5) is 0 Å². The molecule has 0 saturated heterocycles. The van der Waals surface area contributed by atoms with Gasteiger partial charge in [0.25, 0.3) is 5.91 Å². The largest absolute Gasteiger partial charge is 0.346 e. The van der Waals surface area contributed by atoms with Crippen LogP contribution in [0.3, 0.4) is 0 Å². The molecule has 1 amide bonds. The Labute approximate surface area is 89.0 Å². The lowest BCUT2D eigenvalue weighted by Gasteiger charge is -2.08. The van der Waals surface area contributed by atoms with Gasteiger partial charge in [-0.05, 0) is 25.1 Å². The molecule has 3 nitrogen and oxygen atoms in total. The van der Waals surface area contributed by atoms with Gasteiger partial charge in [0.05, 0.1) is 11.6 Å². The summed E-state index contributed by atoms with van der Waals surface area (Å²) >= 11 is 0. The van der Waals surface area contributed by atoms with E-state index < -0.39 is 0 Å². The minimum absolute atomic E-state index is 0.0803. The van der Waals surface area contributed by atoms with Gasteiger partial charge in [-0.1, -0.05) is 12.1 Å². The molecular weight excluding hydrogens is 188 g/mol. The molecular formula is C12H12N2O. The van der Waals surface area contributed by atoms with Crippen molar-refractivity contribution in [2.45, 2.75) is 13.0 Å². The van der Waals surface area contributed by atoms with E-state index in [1.165, 1.54) is 0 Å². The first-order chi connectivity index (χ1) is 7.17. The highest BCUT2D eigenvalue weighted by Crippen LogP contribution is 2.04. The standard InChI is InChI=1S/C12H12N2O/c1-3-9(2)14-12(15)11-6-4-5-10(7-11)8-13/h3-7,9H,1H2,2H3,(H,14,15). The van der Waals surface area contributed by atoms with Crippen LogP contribution in [0, 0.1) is 11.3 Å². The van der Waals surface area contributed by atoms with E-state index in [0.717, 1.165) is 0 Å². The minimum atomic E-state index is -0.195. The summed E-state index contributed by atoms with van der Waals surface area (Å²) in [6, 6.07) is 8.49. The van der Waals surface area contributed by atoms with Crippen LogP contribution < -0.4 is 5.32 Å². The third-order valence-corrected chi connectivity index (χ3v) is 1.97. The monoisotopic (exact) mass is 200 g/mol. The molecule has 0 bridgehead atoms. The Morgan fingerprint density at radius 1 is 1.67 bits per heavy atom. The fourth-order valence-electron chi connectivity index (χ4n) is 1.08. The topological polar surface area (TPSA) is 52.9 Å². The number of benzene rings is 1. The number of nitrogens with zero attached hydrogens (tertiary/aromatic N) is 1. The van der Waals surface area contributed by atoms with E-state index in [9.17, 15) is 4.79 Å². The second kappa shape index (κ2) is 4.97. The zero-order chi connectivity index (χ0) is 11.3. The number of amides is 1. The Kier molecular flexibility index (Phi) is 3.64. The van der Waals surface area contributed by atoms with Crippen LogP contribution in [-0.4, -0.2) is 11.9 Å². The fraction of sp³-hybridized carbons (Fsp3) is 0.167. The Morgan fingerprint density at radius 2 is 2.40 bits per heavy atom. The van der Waals surface area contributed by atoms with Crippen LogP contribution in [0.1, 0.15) is 22.8 Å². The lowest BCUT2D eigenvalue weighted by molar-refractivity contribution is 0.0947. The molecule has 1 aromatic carbocycles. The SMILES string of the molecule is C=CC(C)NC(=O)c1cccc(C#N)c1. The molecule has 0 saturated carbocycles. The summed E-state index contributed by atoms with van der Waals surface area (Å²) in [5.74, 6) is -0.195. The van der Waals surface area contributed by atoms with Crippen LogP contribution in [0.15, 0.2) is 36.9 Å². The summed E-state index contributed by atoms with van der Waals surface area (Å²) in [5.41, 5.74) is 0.969. The maximum Gasteiger partial charge on any atom is 0.251 e. The predicted octanol–water partition coefficient (Wildman–Crippen LogP) is 1.86. The molecule has 0 fully saturated rings. The smallest absolute Gasteiger partial charge is 0.251 e. The number of nitrogens with one attached hydrogen (secondary N) is 1. The predicted molar refractivity (Wildman–Crippen MR) is 58.3 cm³/mol. The number of rotatable bonds is 3. The van der Waals surface area contributed by atoms with E-state index in [0.29, 0.717) is 11.1 Å². The van der Waals surface area contributed by atoms with Gasteiger partial charge in [0, 0.05) is 11.6 Å². The highest BCUT2D eigenvalue weighted by molar-refractivity contribution is 5.94. The first kappa shape index (κ1) is 11.0. The molecule has 76 valence electrons. The van der Waals surface area contributed by atoms with Crippen molar-refractivity contribution in [3.8, 4) is 6.07 Å². The van der Waals surface area contributed by atoms with Crippen LogP contribution in [0.5, 0.6) is 0 Å². The van der Waals surface area contributed by atoms with E-state index in [1.807, 2.05) is 13.0 Å². The highest BCUT2D eigenvalue weighted by Gasteiger charge is 2.07. The summed E-state index contributed by atoms with van der Waals surface area (Å²) in [5, 5.41) is 11.4. The van der Waals surface area contributed by atoms with Gasteiger partial charge >= 0.3 is 0 Å². The molecule has 15 heavy (non-hydrogen) atoms. The van der Waals surface area contributed by atoms with Crippen molar-refractivity contribution < 1.29 is 4.79 Å². The third kappa shape index (κ3) is 2.96. The Balaban J connectivity index is 2.83. The maximum atomic E-state index is 11.6. The normalized spacial score (nSPS) is 11.2. The van der Waals surface area contributed by atoms with E-state index in [1.54, 1.807) is 30.3 Å². The van der Waals surface area contributed by atoms with Crippen LogP contribution in [0.25, 0.3) is 0 Å². The summed E-state index contributed by atoms with van der Waals surface area (Å²) in [4.78, 5) is 11.6. The van der Waals surface area contributed by atoms with E-state index in [-0.39, 0.29) is 11.9 Å². The summed E-state index contributed by atoms with van der Waals surface area (Å²) in [6.07, 6.45) is 1.64. The van der Waals surface area contributed by atoms with Gasteiger partial charge in [0.2, 0.25) is 0 Å². The van der Waals surface area contributed by atoms with E-state index in [2.05, 4.69) is 11.9 Å². The van der Waals surface area contributed by atoms with Gasteiger partial charge in [0.15, 0.2) is 0 Å². The number of carbonyl (C=O) groups excluding carboxylic acids is 1. The number of carbonyl (C=O) groups is 1. The zero-order valence-corrected chi connectivity index (χ0v) is 8.53. The molecule has 1 aromatic rings. The molecule has 0 aromatic heterocycles. The molecule has 3 heteroatoms. The second-order valence-corrected chi connectivity index (χ2v) is 3.19. The molecule has 1 N–H and O–H groups in total. The van der Waals surface area contributed by atoms with Crippen molar-refractivity contribution in [2.75, 3.05) is 0 Å². The van der Waals surface area contributed by atoms with Crippen molar-refractivity contribution in [1.82, 2.24) is 5.32 Å².